The molecule has 0 aliphatic carbocycles. The Morgan fingerprint density at radius 3 is 2.33 bits per heavy atom. The largest absolute Gasteiger partial charge is 0.399 e. The first-order chi connectivity index (χ1) is 8.49. The van der Waals surface area contributed by atoms with E-state index in [1.54, 1.807) is 18.2 Å². The maximum atomic E-state index is 11.8. The van der Waals surface area contributed by atoms with Crippen LogP contribution < -0.4 is 16.8 Å². The van der Waals surface area contributed by atoms with Gasteiger partial charge in [-0.05, 0) is 51.7 Å². The second-order valence-corrected chi connectivity index (χ2v) is 4.65. The van der Waals surface area contributed by atoms with E-state index in [0.717, 1.165) is 19.4 Å². The summed E-state index contributed by atoms with van der Waals surface area (Å²) in [5.74, 6) is -0.126. The summed E-state index contributed by atoms with van der Waals surface area (Å²) in [5.41, 5.74) is 12.8. The number of unbranched alkanes of at least 4 members (excludes halogenated alkanes) is 1. The first-order valence-corrected chi connectivity index (χ1v) is 6.08. The van der Waals surface area contributed by atoms with Crippen molar-refractivity contribution in [3.8, 4) is 0 Å². The van der Waals surface area contributed by atoms with Gasteiger partial charge in [-0.3, -0.25) is 4.79 Å². The topological polar surface area (TPSA) is 84.4 Å². The van der Waals surface area contributed by atoms with Gasteiger partial charge in [0.1, 0.15) is 0 Å². The molecule has 0 fully saturated rings. The summed E-state index contributed by atoms with van der Waals surface area (Å²) >= 11 is 0. The van der Waals surface area contributed by atoms with Gasteiger partial charge in [0, 0.05) is 23.5 Å². The van der Waals surface area contributed by atoms with Crippen molar-refractivity contribution in [1.82, 2.24) is 10.2 Å². The Morgan fingerprint density at radius 2 is 1.78 bits per heavy atom. The predicted molar refractivity (Wildman–Crippen MR) is 75.4 cm³/mol. The molecule has 0 saturated carbocycles. The lowest BCUT2D eigenvalue weighted by atomic mass is 10.1. The molecular weight excluding hydrogens is 228 g/mol. The zero-order valence-electron chi connectivity index (χ0n) is 11.1. The fourth-order valence-electron chi connectivity index (χ4n) is 1.66. The van der Waals surface area contributed by atoms with Crippen molar-refractivity contribution in [2.75, 3.05) is 38.7 Å². The van der Waals surface area contributed by atoms with Gasteiger partial charge in [0.15, 0.2) is 0 Å². The van der Waals surface area contributed by atoms with Gasteiger partial charge in [0.2, 0.25) is 0 Å². The molecule has 0 radical (unpaired) electrons. The number of benzene rings is 1. The van der Waals surface area contributed by atoms with Crippen molar-refractivity contribution >= 4 is 17.3 Å². The van der Waals surface area contributed by atoms with Gasteiger partial charge in [-0.1, -0.05) is 0 Å². The number of nitrogen functional groups attached to an aromatic ring is 2. The molecule has 0 bridgehead atoms. The van der Waals surface area contributed by atoms with Gasteiger partial charge in [-0.15, -0.1) is 0 Å². The Bertz CT molecular complexity index is 384. The van der Waals surface area contributed by atoms with Gasteiger partial charge >= 0.3 is 0 Å². The molecule has 1 amide bonds. The number of nitrogens with zero attached hydrogens (tertiary/aromatic N) is 1. The summed E-state index contributed by atoms with van der Waals surface area (Å²) in [5, 5.41) is 2.86. The van der Waals surface area contributed by atoms with Crippen LogP contribution in [0, 0.1) is 0 Å². The third-order valence-electron chi connectivity index (χ3n) is 2.56. The lowest BCUT2D eigenvalue weighted by Gasteiger charge is -2.10. The second-order valence-electron chi connectivity index (χ2n) is 4.65. The highest BCUT2D eigenvalue weighted by Gasteiger charge is 2.06. The van der Waals surface area contributed by atoms with Crippen LogP contribution >= 0.6 is 0 Å². The Morgan fingerprint density at radius 1 is 1.17 bits per heavy atom. The van der Waals surface area contributed by atoms with Gasteiger partial charge in [0.05, 0.1) is 0 Å². The molecule has 5 nitrogen and oxygen atoms in total. The third-order valence-corrected chi connectivity index (χ3v) is 2.56. The molecule has 0 heterocycles. The predicted octanol–water partition coefficient (Wildman–Crippen LogP) is 0.923. The minimum Gasteiger partial charge on any atom is -0.399 e. The van der Waals surface area contributed by atoms with Crippen LogP contribution in [0.2, 0.25) is 0 Å². The average Bonchev–Trinajstić information content (AvgIpc) is 2.26. The van der Waals surface area contributed by atoms with Crippen LogP contribution in [0.5, 0.6) is 0 Å². The SMILES string of the molecule is CN(C)CCCCNC(=O)c1cc(N)cc(N)c1. The number of nitrogens with two attached hydrogens (primary N) is 2. The molecule has 0 aliphatic heterocycles. The van der Waals surface area contributed by atoms with Crippen LogP contribution in [0.25, 0.3) is 0 Å². The minimum absolute atomic E-state index is 0.126. The molecular formula is C13H22N4O. The average molecular weight is 250 g/mol. The molecule has 5 N–H and O–H groups in total. The van der Waals surface area contributed by atoms with E-state index >= 15 is 0 Å². The van der Waals surface area contributed by atoms with Crippen molar-refractivity contribution in [1.29, 1.82) is 0 Å². The van der Waals surface area contributed by atoms with Crippen molar-refractivity contribution < 1.29 is 4.79 Å². The second kappa shape index (κ2) is 6.86. The molecule has 1 aromatic rings. The number of carbonyl (C=O) groups excluding carboxylic acids is 1. The van der Waals surface area contributed by atoms with Crippen LogP contribution in [0.3, 0.4) is 0 Å². The van der Waals surface area contributed by atoms with E-state index in [1.165, 1.54) is 0 Å². The monoisotopic (exact) mass is 250 g/mol. The molecule has 18 heavy (non-hydrogen) atoms. The maximum absolute atomic E-state index is 11.8. The zero-order chi connectivity index (χ0) is 13.5. The number of carbonyl (C=O) groups is 1. The third kappa shape index (κ3) is 5.05. The molecule has 0 spiro atoms. The Hall–Kier alpha value is -1.75. The van der Waals surface area contributed by atoms with Crippen LogP contribution in [0.4, 0.5) is 11.4 Å². The molecule has 5 heteroatoms. The maximum Gasteiger partial charge on any atom is 0.251 e. The Labute approximate surface area is 108 Å². The highest BCUT2D eigenvalue weighted by atomic mass is 16.1. The molecule has 0 saturated heterocycles. The smallest absolute Gasteiger partial charge is 0.251 e. The van der Waals surface area contributed by atoms with Gasteiger partial charge in [-0.2, -0.15) is 0 Å². The number of nitrogens with one attached hydrogen (secondary N) is 1. The van der Waals surface area contributed by atoms with E-state index in [9.17, 15) is 4.79 Å². The molecule has 0 aliphatic rings. The Balaban J connectivity index is 2.36. The van der Waals surface area contributed by atoms with Crippen molar-refractivity contribution in [2.45, 2.75) is 12.8 Å². The van der Waals surface area contributed by atoms with E-state index in [2.05, 4.69) is 10.2 Å². The summed E-state index contributed by atoms with van der Waals surface area (Å²) in [7, 11) is 4.07. The van der Waals surface area contributed by atoms with E-state index in [-0.39, 0.29) is 5.91 Å². The van der Waals surface area contributed by atoms with E-state index in [1.807, 2.05) is 14.1 Å². The quantitative estimate of drug-likeness (QED) is 0.518. The first kappa shape index (κ1) is 14.3. The van der Waals surface area contributed by atoms with E-state index in [4.69, 9.17) is 11.5 Å². The number of amides is 1. The van der Waals surface area contributed by atoms with Crippen LogP contribution in [0.1, 0.15) is 23.2 Å². The fourth-order valence-corrected chi connectivity index (χ4v) is 1.66. The van der Waals surface area contributed by atoms with Crippen molar-refractivity contribution in [3.05, 3.63) is 23.8 Å². The molecule has 0 atom stereocenters. The standard InChI is InChI=1S/C13H22N4O/c1-17(2)6-4-3-5-16-13(18)10-7-11(14)9-12(15)8-10/h7-9H,3-6,14-15H2,1-2H3,(H,16,18). The highest BCUT2D eigenvalue weighted by Crippen LogP contribution is 2.13. The highest BCUT2D eigenvalue weighted by molar-refractivity contribution is 5.96. The first-order valence-electron chi connectivity index (χ1n) is 6.08. The number of hydrogen-bond donors (Lipinski definition) is 3. The van der Waals surface area contributed by atoms with Crippen molar-refractivity contribution in [3.63, 3.8) is 0 Å². The summed E-state index contributed by atoms with van der Waals surface area (Å²) < 4.78 is 0. The van der Waals surface area contributed by atoms with Gasteiger partial charge in [0.25, 0.3) is 5.91 Å². The Kier molecular flexibility index (Phi) is 5.45. The molecule has 0 unspecified atom stereocenters. The van der Waals surface area contributed by atoms with E-state index in [0.29, 0.717) is 23.5 Å². The molecule has 1 rings (SSSR count). The molecule has 100 valence electrons. The van der Waals surface area contributed by atoms with E-state index < -0.39 is 0 Å². The molecule has 1 aromatic carbocycles. The number of hydrogen-bond acceptors (Lipinski definition) is 4. The summed E-state index contributed by atoms with van der Waals surface area (Å²) in [6.45, 7) is 1.70. The van der Waals surface area contributed by atoms with Crippen LogP contribution in [0.15, 0.2) is 18.2 Å². The summed E-state index contributed by atoms with van der Waals surface area (Å²) in [4.78, 5) is 13.9. The molecule has 0 aromatic heterocycles. The minimum atomic E-state index is -0.126. The zero-order valence-corrected chi connectivity index (χ0v) is 11.1. The van der Waals surface area contributed by atoms with Gasteiger partial charge < -0.3 is 21.7 Å². The lowest BCUT2D eigenvalue weighted by Crippen LogP contribution is -2.25. The fraction of sp³-hybridized carbons (Fsp3) is 0.462. The summed E-state index contributed by atoms with van der Waals surface area (Å²) in [6, 6.07) is 4.89. The number of anilines is 2. The van der Waals surface area contributed by atoms with Crippen LogP contribution in [-0.2, 0) is 0 Å². The van der Waals surface area contributed by atoms with Crippen molar-refractivity contribution in [2.24, 2.45) is 0 Å². The number of rotatable bonds is 6. The summed E-state index contributed by atoms with van der Waals surface area (Å²) in [6.07, 6.45) is 2.02. The lowest BCUT2D eigenvalue weighted by molar-refractivity contribution is 0.0953. The normalized spacial score (nSPS) is 10.6. The van der Waals surface area contributed by atoms with Gasteiger partial charge in [-0.25, -0.2) is 0 Å². The van der Waals surface area contributed by atoms with Crippen LogP contribution in [-0.4, -0.2) is 38.0 Å².